The Balaban J connectivity index is 2.19. The normalized spacial score (nSPS) is 12.9. The molecule has 0 aliphatic carbocycles. The molecule has 2 aromatic rings. The number of ether oxygens (including phenoxy) is 1. The summed E-state index contributed by atoms with van der Waals surface area (Å²) in [5.74, 6) is 0.590. The van der Waals surface area contributed by atoms with Gasteiger partial charge in [0.15, 0.2) is 6.61 Å². The van der Waals surface area contributed by atoms with Gasteiger partial charge >= 0.3 is 0 Å². The molecule has 2 aromatic carbocycles. The molecule has 0 saturated heterocycles. The molecule has 5 nitrogen and oxygen atoms in total. The quantitative estimate of drug-likeness (QED) is 0.494. The third kappa shape index (κ3) is 7.39. The highest BCUT2D eigenvalue weighted by atomic mass is 79.9. The standard InChI is InChI=1S/C25H33BrN2O3/c1-6-18(4)27-25(30)19(5)28(15-20-11-13-21(26)14-12-20)24(29)16-31-23-10-8-7-9-22(23)17(2)3/h7-14,17-19H,6,15-16H2,1-5H3,(H,27,30)/t18-,19-/m1/s1. The van der Waals surface area contributed by atoms with E-state index in [1.807, 2.05) is 62.4 Å². The smallest absolute Gasteiger partial charge is 0.261 e. The monoisotopic (exact) mass is 488 g/mol. The predicted molar refractivity (Wildman–Crippen MR) is 128 cm³/mol. The summed E-state index contributed by atoms with van der Waals surface area (Å²) in [6.45, 7) is 10.1. The van der Waals surface area contributed by atoms with Crippen LogP contribution in [0.15, 0.2) is 53.0 Å². The molecular weight excluding hydrogens is 456 g/mol. The van der Waals surface area contributed by atoms with E-state index in [2.05, 4.69) is 35.1 Å². The Morgan fingerprint density at radius 2 is 1.68 bits per heavy atom. The first-order valence-electron chi connectivity index (χ1n) is 10.8. The van der Waals surface area contributed by atoms with Crippen LogP contribution in [0.5, 0.6) is 5.75 Å². The van der Waals surface area contributed by atoms with E-state index in [-0.39, 0.29) is 30.4 Å². The lowest BCUT2D eigenvalue weighted by Crippen LogP contribution is -2.50. The lowest BCUT2D eigenvalue weighted by atomic mass is 10.0. The average molecular weight is 489 g/mol. The number of hydrogen-bond acceptors (Lipinski definition) is 3. The van der Waals surface area contributed by atoms with Crippen LogP contribution >= 0.6 is 15.9 Å². The number of nitrogens with zero attached hydrogens (tertiary/aromatic N) is 1. The summed E-state index contributed by atoms with van der Waals surface area (Å²) in [5.41, 5.74) is 2.00. The van der Waals surface area contributed by atoms with Crippen LogP contribution in [-0.4, -0.2) is 35.4 Å². The van der Waals surface area contributed by atoms with Crippen molar-refractivity contribution >= 4 is 27.7 Å². The second-order valence-electron chi connectivity index (χ2n) is 8.12. The zero-order valence-electron chi connectivity index (χ0n) is 19.0. The summed E-state index contributed by atoms with van der Waals surface area (Å²) in [6, 6.07) is 14.9. The predicted octanol–water partition coefficient (Wildman–Crippen LogP) is 5.28. The van der Waals surface area contributed by atoms with Crippen LogP contribution in [0.3, 0.4) is 0 Å². The Hall–Kier alpha value is -2.34. The van der Waals surface area contributed by atoms with Crippen molar-refractivity contribution in [1.82, 2.24) is 10.2 Å². The Labute approximate surface area is 194 Å². The molecule has 0 fully saturated rings. The first-order chi connectivity index (χ1) is 14.7. The highest BCUT2D eigenvalue weighted by Crippen LogP contribution is 2.26. The third-order valence-electron chi connectivity index (χ3n) is 5.33. The Bertz CT molecular complexity index is 867. The zero-order chi connectivity index (χ0) is 23.0. The fourth-order valence-electron chi connectivity index (χ4n) is 3.15. The van der Waals surface area contributed by atoms with E-state index in [0.717, 1.165) is 22.0 Å². The number of halogens is 1. The van der Waals surface area contributed by atoms with Crippen molar-refractivity contribution in [2.75, 3.05) is 6.61 Å². The SMILES string of the molecule is CC[C@@H](C)NC(=O)[C@@H](C)N(Cc1ccc(Br)cc1)C(=O)COc1ccccc1C(C)C. The van der Waals surface area contributed by atoms with Gasteiger partial charge < -0.3 is 15.0 Å². The third-order valence-corrected chi connectivity index (χ3v) is 5.86. The summed E-state index contributed by atoms with van der Waals surface area (Å²) in [5, 5.41) is 2.98. The number of carbonyl (C=O) groups is 2. The van der Waals surface area contributed by atoms with Gasteiger partial charge in [-0.2, -0.15) is 0 Å². The number of hydrogen-bond donors (Lipinski definition) is 1. The van der Waals surface area contributed by atoms with Crippen molar-refractivity contribution in [2.24, 2.45) is 0 Å². The van der Waals surface area contributed by atoms with Crippen LogP contribution in [0.25, 0.3) is 0 Å². The van der Waals surface area contributed by atoms with Crippen LogP contribution in [0.1, 0.15) is 58.1 Å². The molecule has 0 spiro atoms. The van der Waals surface area contributed by atoms with Gasteiger partial charge in [0, 0.05) is 17.1 Å². The summed E-state index contributed by atoms with van der Waals surface area (Å²) in [7, 11) is 0. The molecule has 0 aromatic heterocycles. The van der Waals surface area contributed by atoms with E-state index >= 15 is 0 Å². The van der Waals surface area contributed by atoms with Crippen LogP contribution in [0, 0.1) is 0 Å². The van der Waals surface area contributed by atoms with Gasteiger partial charge in [0.25, 0.3) is 5.91 Å². The molecule has 0 saturated carbocycles. The van der Waals surface area contributed by atoms with Crippen LogP contribution in [0.2, 0.25) is 0 Å². The highest BCUT2D eigenvalue weighted by Gasteiger charge is 2.27. The molecule has 2 rings (SSSR count). The van der Waals surface area contributed by atoms with Gasteiger partial charge in [0.05, 0.1) is 0 Å². The lowest BCUT2D eigenvalue weighted by Gasteiger charge is -2.29. The van der Waals surface area contributed by atoms with Gasteiger partial charge in [0.1, 0.15) is 11.8 Å². The maximum Gasteiger partial charge on any atom is 0.261 e. The number of nitrogens with one attached hydrogen (secondary N) is 1. The van der Waals surface area contributed by atoms with E-state index < -0.39 is 6.04 Å². The van der Waals surface area contributed by atoms with Crippen molar-refractivity contribution in [3.8, 4) is 5.75 Å². The Morgan fingerprint density at radius 3 is 2.29 bits per heavy atom. The van der Waals surface area contributed by atoms with Crippen LogP contribution in [-0.2, 0) is 16.1 Å². The van der Waals surface area contributed by atoms with E-state index in [9.17, 15) is 9.59 Å². The van der Waals surface area contributed by atoms with Gasteiger partial charge in [-0.3, -0.25) is 9.59 Å². The van der Waals surface area contributed by atoms with Crippen molar-refractivity contribution in [2.45, 2.75) is 65.6 Å². The largest absolute Gasteiger partial charge is 0.483 e. The van der Waals surface area contributed by atoms with E-state index in [1.54, 1.807) is 11.8 Å². The minimum Gasteiger partial charge on any atom is -0.483 e. The highest BCUT2D eigenvalue weighted by molar-refractivity contribution is 9.10. The molecule has 2 amide bonds. The second-order valence-corrected chi connectivity index (χ2v) is 9.04. The van der Waals surface area contributed by atoms with Crippen LogP contribution < -0.4 is 10.1 Å². The number of carbonyl (C=O) groups excluding carboxylic acids is 2. The molecule has 0 radical (unpaired) electrons. The number of rotatable bonds is 10. The maximum atomic E-state index is 13.2. The van der Waals surface area contributed by atoms with E-state index in [0.29, 0.717) is 12.3 Å². The van der Waals surface area contributed by atoms with Crippen LogP contribution in [0.4, 0.5) is 0 Å². The fraction of sp³-hybridized carbons (Fsp3) is 0.440. The van der Waals surface area contributed by atoms with Gasteiger partial charge in [-0.1, -0.05) is 67.0 Å². The topological polar surface area (TPSA) is 58.6 Å². The van der Waals surface area contributed by atoms with Crippen molar-refractivity contribution in [3.63, 3.8) is 0 Å². The molecule has 0 aliphatic heterocycles. The molecule has 2 atom stereocenters. The molecule has 6 heteroatoms. The summed E-state index contributed by atoms with van der Waals surface area (Å²) >= 11 is 3.43. The van der Waals surface area contributed by atoms with Crippen molar-refractivity contribution in [1.29, 1.82) is 0 Å². The number of para-hydroxylation sites is 1. The molecule has 168 valence electrons. The molecule has 0 unspecified atom stereocenters. The Kier molecular flexibility index (Phi) is 9.56. The molecule has 1 N–H and O–H groups in total. The molecule has 0 heterocycles. The van der Waals surface area contributed by atoms with E-state index in [1.165, 1.54) is 0 Å². The molecule has 0 bridgehead atoms. The van der Waals surface area contributed by atoms with Crippen molar-refractivity contribution < 1.29 is 14.3 Å². The number of amides is 2. The van der Waals surface area contributed by atoms with Gasteiger partial charge in [-0.05, 0) is 55.5 Å². The van der Waals surface area contributed by atoms with Gasteiger partial charge in [-0.25, -0.2) is 0 Å². The second kappa shape index (κ2) is 11.9. The summed E-state index contributed by atoms with van der Waals surface area (Å²) in [6.07, 6.45) is 0.828. The minimum atomic E-state index is -0.617. The zero-order valence-corrected chi connectivity index (χ0v) is 20.6. The average Bonchev–Trinajstić information content (AvgIpc) is 2.76. The van der Waals surface area contributed by atoms with Gasteiger partial charge in [0.2, 0.25) is 5.91 Å². The summed E-state index contributed by atoms with van der Waals surface area (Å²) in [4.78, 5) is 27.5. The lowest BCUT2D eigenvalue weighted by molar-refractivity contribution is -0.142. The first kappa shape index (κ1) is 24.9. The first-order valence-corrected chi connectivity index (χ1v) is 11.6. The van der Waals surface area contributed by atoms with Crippen molar-refractivity contribution in [3.05, 3.63) is 64.1 Å². The number of benzene rings is 2. The Morgan fingerprint density at radius 1 is 1.03 bits per heavy atom. The molecular formula is C25H33BrN2O3. The maximum absolute atomic E-state index is 13.2. The van der Waals surface area contributed by atoms with Gasteiger partial charge in [-0.15, -0.1) is 0 Å². The minimum absolute atomic E-state index is 0.0498. The molecule has 31 heavy (non-hydrogen) atoms. The van der Waals surface area contributed by atoms with E-state index in [4.69, 9.17) is 4.74 Å². The summed E-state index contributed by atoms with van der Waals surface area (Å²) < 4.78 is 6.86. The molecule has 0 aliphatic rings. The fourth-order valence-corrected chi connectivity index (χ4v) is 3.41.